The highest BCUT2D eigenvalue weighted by atomic mass is 32.2. The number of thioether (sulfide) groups is 1. The van der Waals surface area contributed by atoms with E-state index < -0.39 is 0 Å². The predicted octanol–water partition coefficient (Wildman–Crippen LogP) is 4.02. The van der Waals surface area contributed by atoms with Crippen LogP contribution in [0.2, 0.25) is 0 Å². The fourth-order valence-corrected chi connectivity index (χ4v) is 6.19. The van der Waals surface area contributed by atoms with Crippen LogP contribution in [-0.4, -0.2) is 58.0 Å². The molecule has 1 aromatic carbocycles. The van der Waals surface area contributed by atoms with Crippen LogP contribution in [0.5, 0.6) is 0 Å². The molecule has 4 rings (SSSR count). The molecule has 0 bridgehead atoms. The van der Waals surface area contributed by atoms with Crippen molar-refractivity contribution in [2.24, 2.45) is 0 Å². The van der Waals surface area contributed by atoms with Crippen molar-refractivity contribution in [3.63, 3.8) is 0 Å². The third-order valence-electron chi connectivity index (χ3n) is 6.49. The number of benzene rings is 1. The zero-order valence-corrected chi connectivity index (χ0v) is 17.6. The molecule has 28 heavy (non-hydrogen) atoms. The van der Waals surface area contributed by atoms with Gasteiger partial charge in [0.1, 0.15) is 0 Å². The lowest BCUT2D eigenvalue weighted by atomic mass is 9.95. The van der Waals surface area contributed by atoms with Crippen LogP contribution in [0, 0.1) is 6.92 Å². The molecule has 2 heterocycles. The molecule has 6 heteroatoms. The Labute approximate surface area is 172 Å². The molecule has 3 fully saturated rings. The minimum absolute atomic E-state index is 0.0844. The summed E-state index contributed by atoms with van der Waals surface area (Å²) in [5.74, 6) is 1.11. The molecule has 1 aliphatic carbocycles. The molecule has 1 N–H and O–H groups in total. The van der Waals surface area contributed by atoms with Crippen LogP contribution in [-0.2, 0) is 0 Å². The molecule has 0 aromatic heterocycles. The number of rotatable bonds is 2. The average molecular weight is 402 g/mol. The molecule has 0 radical (unpaired) electrons. The van der Waals surface area contributed by atoms with Crippen LogP contribution >= 0.6 is 11.8 Å². The number of likely N-dealkylation sites (tertiary alicyclic amines) is 1. The van der Waals surface area contributed by atoms with Gasteiger partial charge in [-0.2, -0.15) is 0 Å². The van der Waals surface area contributed by atoms with Crippen LogP contribution in [0.4, 0.5) is 4.79 Å². The number of piperidine rings is 1. The maximum Gasteiger partial charge on any atom is 0.317 e. The van der Waals surface area contributed by atoms with Crippen LogP contribution in [0.3, 0.4) is 0 Å². The molecule has 1 spiro atoms. The molecular weight excluding hydrogens is 370 g/mol. The number of nitrogens with zero attached hydrogens (tertiary/aromatic N) is 2. The third kappa shape index (κ3) is 4.02. The van der Waals surface area contributed by atoms with E-state index in [1.54, 1.807) is 0 Å². The fraction of sp³-hybridized carbons (Fsp3) is 0.636. The van der Waals surface area contributed by atoms with E-state index >= 15 is 0 Å². The molecule has 3 amide bonds. The van der Waals surface area contributed by atoms with Crippen molar-refractivity contribution in [3.05, 3.63) is 35.4 Å². The summed E-state index contributed by atoms with van der Waals surface area (Å²) in [6.07, 6.45) is 7.67. The van der Waals surface area contributed by atoms with Gasteiger partial charge in [-0.05, 0) is 44.7 Å². The van der Waals surface area contributed by atoms with Gasteiger partial charge in [-0.15, -0.1) is 11.8 Å². The molecule has 1 saturated carbocycles. The van der Waals surface area contributed by atoms with Gasteiger partial charge in [0.2, 0.25) is 0 Å². The third-order valence-corrected chi connectivity index (χ3v) is 8.04. The van der Waals surface area contributed by atoms with E-state index in [0.29, 0.717) is 6.04 Å². The monoisotopic (exact) mass is 401 g/mol. The molecule has 0 unspecified atom stereocenters. The van der Waals surface area contributed by atoms with Crippen molar-refractivity contribution in [2.75, 3.05) is 25.4 Å². The van der Waals surface area contributed by atoms with E-state index in [9.17, 15) is 9.59 Å². The van der Waals surface area contributed by atoms with Crippen molar-refractivity contribution in [1.29, 1.82) is 0 Å². The number of aryl methyl sites for hydroxylation is 1. The first kappa shape index (κ1) is 19.6. The SMILES string of the molecule is Cc1ccc(C(=O)N2CCSC23CCN(C(=O)NC2CCCCC2)CC3)cc1. The summed E-state index contributed by atoms with van der Waals surface area (Å²) in [6, 6.07) is 8.30. The number of carbonyl (C=O) groups is 2. The normalized spacial score (nSPS) is 22.5. The summed E-state index contributed by atoms with van der Waals surface area (Å²) in [5, 5.41) is 3.23. The van der Waals surface area contributed by atoms with Crippen LogP contribution in [0.1, 0.15) is 60.9 Å². The second-order valence-corrected chi connectivity index (χ2v) is 9.85. The zero-order valence-electron chi connectivity index (χ0n) is 16.8. The average Bonchev–Trinajstić information content (AvgIpc) is 3.12. The lowest BCUT2D eigenvalue weighted by Crippen LogP contribution is -2.56. The number of amides is 3. The molecule has 152 valence electrons. The molecule has 0 atom stereocenters. The Balaban J connectivity index is 1.37. The number of urea groups is 1. The van der Waals surface area contributed by atoms with E-state index in [4.69, 9.17) is 0 Å². The standard InChI is InChI=1S/C22H31N3O2S/c1-17-7-9-18(10-8-17)20(26)25-15-16-28-22(25)11-13-24(14-12-22)21(27)23-19-5-3-2-4-6-19/h7-10,19H,2-6,11-16H2,1H3,(H,23,27). The van der Waals surface area contributed by atoms with Gasteiger partial charge in [0.25, 0.3) is 5.91 Å². The largest absolute Gasteiger partial charge is 0.335 e. The van der Waals surface area contributed by atoms with Gasteiger partial charge >= 0.3 is 6.03 Å². The van der Waals surface area contributed by atoms with Crippen LogP contribution in [0.15, 0.2) is 24.3 Å². The molecule has 3 aliphatic rings. The van der Waals surface area contributed by atoms with Gasteiger partial charge in [-0.1, -0.05) is 37.0 Å². The van der Waals surface area contributed by atoms with E-state index in [2.05, 4.69) is 10.2 Å². The smallest absolute Gasteiger partial charge is 0.317 e. The van der Waals surface area contributed by atoms with Crippen molar-refractivity contribution in [3.8, 4) is 0 Å². The maximum absolute atomic E-state index is 13.1. The minimum Gasteiger partial charge on any atom is -0.335 e. The van der Waals surface area contributed by atoms with Crippen molar-refractivity contribution >= 4 is 23.7 Å². The molecule has 1 aromatic rings. The van der Waals surface area contributed by atoms with Crippen molar-refractivity contribution in [1.82, 2.24) is 15.1 Å². The number of nitrogens with one attached hydrogen (secondary N) is 1. The van der Waals surface area contributed by atoms with Gasteiger partial charge in [0, 0.05) is 37.0 Å². The van der Waals surface area contributed by atoms with E-state index in [0.717, 1.165) is 56.6 Å². The zero-order chi connectivity index (χ0) is 19.6. The first-order valence-electron chi connectivity index (χ1n) is 10.7. The second-order valence-electron chi connectivity index (χ2n) is 8.39. The maximum atomic E-state index is 13.1. The van der Waals surface area contributed by atoms with Gasteiger partial charge in [-0.25, -0.2) is 4.79 Å². The Hall–Kier alpha value is -1.69. The minimum atomic E-state index is -0.149. The predicted molar refractivity (Wildman–Crippen MR) is 114 cm³/mol. The van der Waals surface area contributed by atoms with Crippen molar-refractivity contribution < 1.29 is 9.59 Å². The topological polar surface area (TPSA) is 52.7 Å². The number of carbonyl (C=O) groups excluding carboxylic acids is 2. The van der Waals surface area contributed by atoms with E-state index in [-0.39, 0.29) is 16.8 Å². The fourth-order valence-electron chi connectivity index (χ4n) is 4.73. The van der Waals surface area contributed by atoms with Gasteiger partial charge in [0.15, 0.2) is 0 Å². The quantitative estimate of drug-likeness (QED) is 0.814. The number of hydrogen-bond acceptors (Lipinski definition) is 3. The van der Waals surface area contributed by atoms with Gasteiger partial charge in [0.05, 0.1) is 4.87 Å². The molecule has 5 nitrogen and oxygen atoms in total. The lowest BCUT2D eigenvalue weighted by Gasteiger charge is -2.44. The Kier molecular flexibility index (Phi) is 5.85. The Morgan fingerprint density at radius 3 is 2.39 bits per heavy atom. The van der Waals surface area contributed by atoms with Gasteiger partial charge < -0.3 is 15.1 Å². The van der Waals surface area contributed by atoms with Gasteiger partial charge in [-0.3, -0.25) is 4.79 Å². The summed E-state index contributed by atoms with van der Waals surface area (Å²) < 4.78 is 0. The van der Waals surface area contributed by atoms with Crippen LogP contribution in [0.25, 0.3) is 0 Å². The summed E-state index contributed by atoms with van der Waals surface area (Å²) in [4.78, 5) is 29.7. The molecule has 2 aliphatic heterocycles. The summed E-state index contributed by atoms with van der Waals surface area (Å²) >= 11 is 1.90. The molecular formula is C22H31N3O2S. The van der Waals surface area contributed by atoms with Crippen molar-refractivity contribution in [2.45, 2.75) is 62.8 Å². The number of hydrogen-bond donors (Lipinski definition) is 1. The molecule has 2 saturated heterocycles. The first-order valence-corrected chi connectivity index (χ1v) is 11.6. The van der Waals surface area contributed by atoms with E-state index in [1.165, 1.54) is 24.8 Å². The van der Waals surface area contributed by atoms with Crippen LogP contribution < -0.4 is 5.32 Å². The highest BCUT2D eigenvalue weighted by Crippen LogP contribution is 2.44. The summed E-state index contributed by atoms with van der Waals surface area (Å²) in [5.41, 5.74) is 1.93. The van der Waals surface area contributed by atoms with E-state index in [1.807, 2.05) is 47.9 Å². The Morgan fingerprint density at radius 2 is 1.71 bits per heavy atom. The lowest BCUT2D eigenvalue weighted by molar-refractivity contribution is 0.0579. The highest BCUT2D eigenvalue weighted by molar-refractivity contribution is 8.00. The highest BCUT2D eigenvalue weighted by Gasteiger charge is 2.47. The second kappa shape index (κ2) is 8.36. The summed E-state index contributed by atoms with van der Waals surface area (Å²) in [6.45, 7) is 4.29. The Bertz CT molecular complexity index is 707. The Morgan fingerprint density at radius 1 is 1.04 bits per heavy atom. The summed E-state index contributed by atoms with van der Waals surface area (Å²) in [7, 11) is 0. The first-order chi connectivity index (χ1) is 13.6.